The number of benzene rings is 1. The predicted molar refractivity (Wildman–Crippen MR) is 81.8 cm³/mol. The van der Waals surface area contributed by atoms with Crippen LogP contribution in [-0.2, 0) is 0 Å². The number of piperazine rings is 1. The minimum absolute atomic E-state index is 0.0413. The molecule has 0 radical (unpaired) electrons. The maximum absolute atomic E-state index is 12.4. The average molecular weight is 295 g/mol. The van der Waals surface area contributed by atoms with Gasteiger partial charge < -0.3 is 15.5 Å². The van der Waals surface area contributed by atoms with Crippen LogP contribution in [0.4, 0.5) is 5.69 Å². The van der Waals surface area contributed by atoms with Crippen molar-refractivity contribution >= 4 is 29.0 Å². The van der Waals surface area contributed by atoms with Gasteiger partial charge in [-0.05, 0) is 25.2 Å². The first-order chi connectivity index (χ1) is 9.60. The number of aliphatic imine (C=N–C) groups is 1. The number of amidine groups is 1. The van der Waals surface area contributed by atoms with E-state index in [9.17, 15) is 4.79 Å². The highest BCUT2D eigenvalue weighted by Crippen LogP contribution is 2.16. The van der Waals surface area contributed by atoms with Crippen molar-refractivity contribution in [3.63, 3.8) is 0 Å². The second-order valence-electron chi connectivity index (χ2n) is 4.88. The molecule has 1 heterocycles. The van der Waals surface area contributed by atoms with E-state index >= 15 is 0 Å². The lowest BCUT2D eigenvalue weighted by atomic mass is 10.1. The molecule has 6 heteroatoms. The Labute approximate surface area is 124 Å². The van der Waals surface area contributed by atoms with Crippen molar-refractivity contribution in [2.24, 2.45) is 10.7 Å². The highest BCUT2D eigenvalue weighted by atomic mass is 35.5. The van der Waals surface area contributed by atoms with Crippen LogP contribution in [0.2, 0.25) is 0 Å². The first-order valence-corrected chi connectivity index (χ1v) is 7.10. The molecular formula is C14H19ClN4O. The summed E-state index contributed by atoms with van der Waals surface area (Å²) < 4.78 is 0. The van der Waals surface area contributed by atoms with Crippen LogP contribution in [0.1, 0.15) is 10.4 Å². The van der Waals surface area contributed by atoms with Crippen LogP contribution in [0.25, 0.3) is 0 Å². The number of likely N-dealkylation sites (N-methyl/N-ethyl adjacent to an activating group) is 1. The van der Waals surface area contributed by atoms with Gasteiger partial charge in [0.1, 0.15) is 5.84 Å². The van der Waals surface area contributed by atoms with Gasteiger partial charge in [0.25, 0.3) is 5.91 Å². The van der Waals surface area contributed by atoms with Crippen LogP contribution < -0.4 is 5.73 Å². The van der Waals surface area contributed by atoms with Gasteiger partial charge in [0.15, 0.2) is 0 Å². The van der Waals surface area contributed by atoms with Crippen molar-refractivity contribution in [3.8, 4) is 0 Å². The van der Waals surface area contributed by atoms with Crippen LogP contribution in [0.15, 0.2) is 29.3 Å². The molecule has 1 aliphatic heterocycles. The molecule has 108 valence electrons. The number of rotatable bonds is 3. The van der Waals surface area contributed by atoms with Crippen molar-refractivity contribution in [2.75, 3.05) is 39.1 Å². The Morgan fingerprint density at radius 2 is 2.05 bits per heavy atom. The SMILES string of the molecule is CN1CCN(C(=O)c2cccc(N=C(N)CCl)c2)CC1. The zero-order chi connectivity index (χ0) is 14.5. The monoisotopic (exact) mass is 294 g/mol. The Balaban J connectivity index is 2.12. The molecule has 0 spiro atoms. The molecule has 0 saturated carbocycles. The number of amides is 1. The largest absolute Gasteiger partial charge is 0.386 e. The number of alkyl halides is 1. The summed E-state index contributed by atoms with van der Waals surface area (Å²) in [5, 5.41) is 0. The fourth-order valence-electron chi connectivity index (χ4n) is 2.10. The topological polar surface area (TPSA) is 61.9 Å². The quantitative estimate of drug-likeness (QED) is 0.519. The van der Waals surface area contributed by atoms with E-state index in [2.05, 4.69) is 16.9 Å². The van der Waals surface area contributed by atoms with E-state index in [0.29, 0.717) is 17.1 Å². The van der Waals surface area contributed by atoms with Crippen molar-refractivity contribution in [1.29, 1.82) is 0 Å². The van der Waals surface area contributed by atoms with Gasteiger partial charge in [-0.3, -0.25) is 4.79 Å². The molecule has 20 heavy (non-hydrogen) atoms. The van der Waals surface area contributed by atoms with E-state index in [1.165, 1.54) is 0 Å². The van der Waals surface area contributed by atoms with Crippen molar-refractivity contribution < 1.29 is 4.79 Å². The van der Waals surface area contributed by atoms with E-state index in [1.54, 1.807) is 18.2 Å². The highest BCUT2D eigenvalue weighted by Gasteiger charge is 2.20. The van der Waals surface area contributed by atoms with Gasteiger partial charge in [-0.2, -0.15) is 0 Å². The first kappa shape index (κ1) is 14.8. The van der Waals surface area contributed by atoms with E-state index in [0.717, 1.165) is 26.2 Å². The molecule has 1 saturated heterocycles. The second kappa shape index (κ2) is 6.72. The van der Waals surface area contributed by atoms with E-state index < -0.39 is 0 Å². The van der Waals surface area contributed by atoms with E-state index in [4.69, 9.17) is 17.3 Å². The molecule has 0 unspecified atom stereocenters. The summed E-state index contributed by atoms with van der Waals surface area (Å²) in [5.74, 6) is 0.562. The summed E-state index contributed by atoms with van der Waals surface area (Å²) in [6.07, 6.45) is 0. The maximum Gasteiger partial charge on any atom is 0.254 e. The number of halogens is 1. The summed E-state index contributed by atoms with van der Waals surface area (Å²) in [5.41, 5.74) is 6.90. The van der Waals surface area contributed by atoms with Gasteiger partial charge in [0.2, 0.25) is 0 Å². The molecule has 1 aliphatic rings. The second-order valence-corrected chi connectivity index (χ2v) is 5.15. The molecule has 0 bridgehead atoms. The van der Waals surface area contributed by atoms with Gasteiger partial charge in [-0.25, -0.2) is 4.99 Å². The summed E-state index contributed by atoms with van der Waals surface area (Å²) in [7, 11) is 2.06. The number of nitrogens with two attached hydrogens (primary N) is 1. The van der Waals surface area contributed by atoms with Crippen LogP contribution in [0.5, 0.6) is 0 Å². The van der Waals surface area contributed by atoms with Gasteiger partial charge >= 0.3 is 0 Å². The smallest absolute Gasteiger partial charge is 0.254 e. The molecule has 2 rings (SSSR count). The lowest BCUT2D eigenvalue weighted by Gasteiger charge is -2.32. The Kier molecular flexibility index (Phi) is 4.98. The lowest BCUT2D eigenvalue weighted by molar-refractivity contribution is 0.0664. The highest BCUT2D eigenvalue weighted by molar-refractivity contribution is 6.28. The maximum atomic E-state index is 12.4. The summed E-state index contributed by atoms with van der Waals surface area (Å²) >= 11 is 5.60. The van der Waals surface area contributed by atoms with Crippen LogP contribution in [0.3, 0.4) is 0 Å². The van der Waals surface area contributed by atoms with Crippen LogP contribution in [0, 0.1) is 0 Å². The van der Waals surface area contributed by atoms with E-state index in [-0.39, 0.29) is 11.8 Å². The van der Waals surface area contributed by atoms with Gasteiger partial charge in [0, 0.05) is 31.7 Å². The fourth-order valence-corrected chi connectivity index (χ4v) is 2.16. The zero-order valence-electron chi connectivity index (χ0n) is 11.6. The number of hydrogen-bond donors (Lipinski definition) is 1. The number of carbonyl (C=O) groups excluding carboxylic acids is 1. The van der Waals surface area contributed by atoms with Crippen LogP contribution >= 0.6 is 11.6 Å². The third-order valence-electron chi connectivity index (χ3n) is 3.29. The van der Waals surface area contributed by atoms with Crippen molar-refractivity contribution in [1.82, 2.24) is 9.80 Å². The third-order valence-corrected chi connectivity index (χ3v) is 3.57. The summed E-state index contributed by atoms with van der Waals surface area (Å²) in [4.78, 5) is 20.7. The molecule has 0 aliphatic carbocycles. The van der Waals surface area contributed by atoms with Gasteiger partial charge in [-0.15, -0.1) is 11.6 Å². The first-order valence-electron chi connectivity index (χ1n) is 6.57. The zero-order valence-corrected chi connectivity index (χ0v) is 12.3. The Morgan fingerprint density at radius 1 is 1.35 bits per heavy atom. The Morgan fingerprint density at radius 3 is 2.70 bits per heavy atom. The molecule has 5 nitrogen and oxygen atoms in total. The number of hydrogen-bond acceptors (Lipinski definition) is 3. The molecule has 2 N–H and O–H groups in total. The molecule has 0 aromatic heterocycles. The number of nitrogens with zero attached hydrogens (tertiary/aromatic N) is 3. The summed E-state index contributed by atoms with van der Waals surface area (Å²) in [6, 6.07) is 7.17. The molecule has 0 atom stereocenters. The van der Waals surface area contributed by atoms with Crippen LogP contribution in [-0.4, -0.2) is 60.6 Å². The third kappa shape index (κ3) is 3.71. The number of carbonyl (C=O) groups is 1. The molecule has 1 amide bonds. The predicted octanol–water partition coefficient (Wildman–Crippen LogP) is 1.30. The van der Waals surface area contributed by atoms with E-state index in [1.807, 2.05) is 11.0 Å². The average Bonchev–Trinajstić information content (AvgIpc) is 2.47. The lowest BCUT2D eigenvalue weighted by Crippen LogP contribution is -2.47. The minimum Gasteiger partial charge on any atom is -0.386 e. The Hall–Kier alpha value is -1.59. The molecular weight excluding hydrogens is 276 g/mol. The molecule has 1 aromatic rings. The minimum atomic E-state index is 0.0413. The molecule has 1 aromatic carbocycles. The Bertz CT molecular complexity index is 510. The van der Waals surface area contributed by atoms with Gasteiger partial charge in [-0.1, -0.05) is 6.07 Å². The standard InChI is InChI=1S/C14H19ClN4O/c1-18-5-7-19(8-6-18)14(20)11-3-2-4-12(9-11)17-13(16)10-15/h2-4,9H,5-8,10H2,1H3,(H2,16,17). The molecule has 1 fully saturated rings. The normalized spacial score (nSPS) is 17.3. The fraction of sp³-hybridized carbons (Fsp3) is 0.429. The van der Waals surface area contributed by atoms with Crippen molar-refractivity contribution in [3.05, 3.63) is 29.8 Å². The van der Waals surface area contributed by atoms with Crippen molar-refractivity contribution in [2.45, 2.75) is 0 Å². The van der Waals surface area contributed by atoms with Gasteiger partial charge in [0.05, 0.1) is 11.6 Å². The summed E-state index contributed by atoms with van der Waals surface area (Å²) in [6.45, 7) is 3.32.